The van der Waals surface area contributed by atoms with Crippen LogP contribution in [-0.2, 0) is 16.0 Å². The van der Waals surface area contributed by atoms with Crippen molar-refractivity contribution in [2.75, 3.05) is 26.4 Å². The fourth-order valence-electron chi connectivity index (χ4n) is 2.69. The first-order valence-corrected chi connectivity index (χ1v) is 7.50. The third-order valence-electron chi connectivity index (χ3n) is 3.90. The van der Waals surface area contributed by atoms with E-state index in [1.807, 2.05) is 19.1 Å². The van der Waals surface area contributed by atoms with Gasteiger partial charge in [-0.25, -0.2) is 0 Å². The molecule has 21 heavy (non-hydrogen) atoms. The van der Waals surface area contributed by atoms with E-state index >= 15 is 0 Å². The second-order valence-corrected chi connectivity index (χ2v) is 5.54. The molecule has 0 radical (unpaired) electrons. The van der Waals surface area contributed by atoms with Crippen LogP contribution < -0.4 is 14.8 Å². The number of amides is 1. The molecule has 5 heteroatoms. The highest BCUT2D eigenvalue weighted by molar-refractivity contribution is 5.79. The summed E-state index contributed by atoms with van der Waals surface area (Å²) in [5.74, 6) is 1.52. The second-order valence-electron chi connectivity index (χ2n) is 5.54. The summed E-state index contributed by atoms with van der Waals surface area (Å²) in [6.07, 6.45) is 2.65. The van der Waals surface area contributed by atoms with Gasteiger partial charge in [0, 0.05) is 13.2 Å². The van der Waals surface area contributed by atoms with E-state index in [0.29, 0.717) is 26.2 Å². The third-order valence-corrected chi connectivity index (χ3v) is 3.90. The molecular weight excluding hydrogens is 270 g/mol. The Labute approximate surface area is 124 Å². The molecule has 1 aromatic rings. The number of aryl methyl sites for hydroxylation is 1. The summed E-state index contributed by atoms with van der Waals surface area (Å²) in [4.78, 5) is 12.1. The van der Waals surface area contributed by atoms with E-state index in [1.165, 1.54) is 0 Å². The Morgan fingerprint density at radius 2 is 2.00 bits per heavy atom. The maximum Gasteiger partial charge on any atom is 0.224 e. The first kappa shape index (κ1) is 14.2. The molecule has 2 aliphatic heterocycles. The smallest absolute Gasteiger partial charge is 0.224 e. The fraction of sp³-hybridized carbons (Fsp3) is 0.562. The maximum atomic E-state index is 12.1. The molecule has 0 aromatic heterocycles. The minimum atomic E-state index is 0.0188. The van der Waals surface area contributed by atoms with Gasteiger partial charge in [0.15, 0.2) is 11.5 Å². The Morgan fingerprint density at radius 3 is 2.71 bits per heavy atom. The molecule has 1 aromatic carbocycles. The van der Waals surface area contributed by atoms with Crippen molar-refractivity contribution in [1.82, 2.24) is 5.32 Å². The van der Waals surface area contributed by atoms with Gasteiger partial charge >= 0.3 is 0 Å². The highest BCUT2D eigenvalue weighted by Crippen LogP contribution is 2.33. The van der Waals surface area contributed by atoms with Crippen LogP contribution in [0, 0.1) is 6.92 Å². The second kappa shape index (κ2) is 6.35. The summed E-state index contributed by atoms with van der Waals surface area (Å²) in [6.45, 7) is 4.53. The molecule has 1 atom stereocenters. The van der Waals surface area contributed by atoms with Gasteiger partial charge in [-0.3, -0.25) is 4.79 Å². The lowest BCUT2D eigenvalue weighted by Crippen LogP contribution is -2.33. The molecule has 0 aliphatic carbocycles. The van der Waals surface area contributed by atoms with Crippen molar-refractivity contribution in [3.63, 3.8) is 0 Å². The summed E-state index contributed by atoms with van der Waals surface area (Å²) in [6, 6.07) is 3.85. The Balaban J connectivity index is 1.59. The summed E-state index contributed by atoms with van der Waals surface area (Å²) in [7, 11) is 0. The number of rotatable bonds is 4. The number of hydrogen-bond acceptors (Lipinski definition) is 4. The molecule has 1 unspecified atom stereocenters. The van der Waals surface area contributed by atoms with Crippen molar-refractivity contribution in [3.8, 4) is 11.5 Å². The molecule has 5 nitrogen and oxygen atoms in total. The fourth-order valence-corrected chi connectivity index (χ4v) is 2.69. The van der Waals surface area contributed by atoms with Gasteiger partial charge in [-0.15, -0.1) is 0 Å². The van der Waals surface area contributed by atoms with Crippen molar-refractivity contribution < 1.29 is 19.0 Å². The Bertz CT molecular complexity index is 523. The molecule has 114 valence electrons. The van der Waals surface area contributed by atoms with Gasteiger partial charge in [-0.2, -0.15) is 0 Å². The highest BCUT2D eigenvalue weighted by atomic mass is 16.6. The minimum absolute atomic E-state index is 0.0188. The van der Waals surface area contributed by atoms with Crippen molar-refractivity contribution in [2.24, 2.45) is 0 Å². The number of ether oxygens (including phenoxy) is 3. The number of carbonyl (C=O) groups excluding carboxylic acids is 1. The average Bonchev–Trinajstić information content (AvgIpc) is 2.99. The van der Waals surface area contributed by atoms with Crippen molar-refractivity contribution >= 4 is 5.91 Å². The van der Waals surface area contributed by atoms with Gasteiger partial charge in [0.2, 0.25) is 5.91 Å². The van der Waals surface area contributed by atoms with Crippen molar-refractivity contribution in [2.45, 2.75) is 32.3 Å². The Hall–Kier alpha value is -1.75. The van der Waals surface area contributed by atoms with Crippen LogP contribution in [0.4, 0.5) is 0 Å². The van der Waals surface area contributed by atoms with Crippen LogP contribution in [0.25, 0.3) is 0 Å². The summed E-state index contributed by atoms with van der Waals surface area (Å²) in [5.41, 5.74) is 2.02. The van der Waals surface area contributed by atoms with Gasteiger partial charge in [0.05, 0.1) is 12.5 Å². The standard InChI is InChI=1S/C16H21NO4/c1-11-7-14-15(21-6-5-20-14)8-12(11)9-16(18)17-10-13-3-2-4-19-13/h7-8,13H,2-6,9-10H2,1H3,(H,17,18). The van der Waals surface area contributed by atoms with E-state index in [0.717, 1.165) is 42.1 Å². The molecule has 0 bridgehead atoms. The lowest BCUT2D eigenvalue weighted by molar-refractivity contribution is -0.120. The summed E-state index contributed by atoms with van der Waals surface area (Å²) >= 11 is 0. The van der Waals surface area contributed by atoms with Gasteiger partial charge in [-0.05, 0) is 43.0 Å². The van der Waals surface area contributed by atoms with Crippen LogP contribution in [0.5, 0.6) is 11.5 Å². The third kappa shape index (κ3) is 3.47. The first-order chi connectivity index (χ1) is 10.2. The van der Waals surface area contributed by atoms with Gasteiger partial charge in [0.1, 0.15) is 13.2 Å². The minimum Gasteiger partial charge on any atom is -0.486 e. The van der Waals surface area contributed by atoms with Crippen LogP contribution in [0.2, 0.25) is 0 Å². The summed E-state index contributed by atoms with van der Waals surface area (Å²) in [5, 5.41) is 2.94. The lowest BCUT2D eigenvalue weighted by Gasteiger charge is -2.20. The maximum absolute atomic E-state index is 12.1. The number of carbonyl (C=O) groups is 1. The van der Waals surface area contributed by atoms with E-state index in [2.05, 4.69) is 5.32 Å². The molecule has 1 saturated heterocycles. The molecule has 1 N–H and O–H groups in total. The number of nitrogens with one attached hydrogen (secondary N) is 1. The summed E-state index contributed by atoms with van der Waals surface area (Å²) < 4.78 is 16.6. The Morgan fingerprint density at radius 1 is 1.24 bits per heavy atom. The zero-order valence-corrected chi connectivity index (χ0v) is 12.3. The monoisotopic (exact) mass is 291 g/mol. The molecule has 2 heterocycles. The predicted molar refractivity (Wildman–Crippen MR) is 77.9 cm³/mol. The van der Waals surface area contributed by atoms with Crippen LogP contribution in [0.3, 0.4) is 0 Å². The highest BCUT2D eigenvalue weighted by Gasteiger charge is 2.18. The normalized spacial score (nSPS) is 20.3. The number of benzene rings is 1. The molecule has 2 aliphatic rings. The molecule has 0 saturated carbocycles. The molecule has 1 amide bonds. The van der Waals surface area contributed by atoms with Gasteiger partial charge < -0.3 is 19.5 Å². The lowest BCUT2D eigenvalue weighted by atomic mass is 10.0. The molecule has 1 fully saturated rings. The zero-order chi connectivity index (χ0) is 14.7. The number of hydrogen-bond donors (Lipinski definition) is 1. The van der Waals surface area contributed by atoms with Crippen LogP contribution in [-0.4, -0.2) is 38.4 Å². The van der Waals surface area contributed by atoms with E-state index in [4.69, 9.17) is 14.2 Å². The van der Waals surface area contributed by atoms with Crippen molar-refractivity contribution in [3.05, 3.63) is 23.3 Å². The quantitative estimate of drug-likeness (QED) is 0.915. The predicted octanol–water partition coefficient (Wildman–Crippen LogP) is 1.60. The van der Waals surface area contributed by atoms with E-state index in [1.54, 1.807) is 0 Å². The van der Waals surface area contributed by atoms with Crippen LogP contribution in [0.1, 0.15) is 24.0 Å². The largest absolute Gasteiger partial charge is 0.486 e. The molecule has 0 spiro atoms. The Kier molecular flexibility index (Phi) is 4.29. The van der Waals surface area contributed by atoms with Crippen molar-refractivity contribution in [1.29, 1.82) is 0 Å². The number of fused-ring (bicyclic) bond motifs is 1. The average molecular weight is 291 g/mol. The van der Waals surface area contributed by atoms with E-state index in [-0.39, 0.29) is 12.0 Å². The first-order valence-electron chi connectivity index (χ1n) is 7.50. The van der Waals surface area contributed by atoms with Gasteiger partial charge in [-0.1, -0.05) is 0 Å². The molecular formula is C16H21NO4. The molecule has 3 rings (SSSR count). The van der Waals surface area contributed by atoms with E-state index in [9.17, 15) is 4.79 Å². The van der Waals surface area contributed by atoms with Crippen LogP contribution in [0.15, 0.2) is 12.1 Å². The van der Waals surface area contributed by atoms with Crippen LogP contribution >= 0.6 is 0 Å². The van der Waals surface area contributed by atoms with E-state index < -0.39 is 0 Å². The topological polar surface area (TPSA) is 56.8 Å². The van der Waals surface area contributed by atoms with Gasteiger partial charge in [0.25, 0.3) is 0 Å². The zero-order valence-electron chi connectivity index (χ0n) is 12.3. The SMILES string of the molecule is Cc1cc2c(cc1CC(=O)NCC1CCCO1)OCCO2.